The van der Waals surface area contributed by atoms with Crippen LogP contribution < -0.4 is 10.6 Å². The fourth-order valence-corrected chi connectivity index (χ4v) is 3.50. The Balaban J connectivity index is 2.03. The van der Waals surface area contributed by atoms with Gasteiger partial charge >= 0.3 is 0 Å². The lowest BCUT2D eigenvalue weighted by Crippen LogP contribution is -2.17. The van der Waals surface area contributed by atoms with E-state index in [1.807, 2.05) is 26.0 Å². The Kier molecular flexibility index (Phi) is 5.64. The first-order valence-electron chi connectivity index (χ1n) is 9.34. The predicted molar refractivity (Wildman–Crippen MR) is 116 cm³/mol. The maximum Gasteiger partial charge on any atom is 0.141 e. The molecule has 3 N–H and O–H groups in total. The lowest BCUT2D eigenvalue weighted by Gasteiger charge is -2.26. The van der Waals surface area contributed by atoms with Crippen molar-refractivity contribution in [2.24, 2.45) is 5.73 Å². The molecule has 2 aromatic carbocycles. The first-order valence-corrected chi connectivity index (χ1v) is 9.34. The van der Waals surface area contributed by atoms with Crippen molar-refractivity contribution in [3.05, 3.63) is 71.2 Å². The number of hydrogen-bond acceptors (Lipinski definition) is 5. The highest BCUT2D eigenvalue weighted by molar-refractivity contribution is 6.08. The lowest BCUT2D eigenvalue weighted by molar-refractivity contribution is 0.393. The molecule has 0 atom stereocenters. The van der Waals surface area contributed by atoms with Gasteiger partial charge in [-0.25, -0.2) is 0 Å². The minimum atomic E-state index is 0.700. The van der Waals surface area contributed by atoms with Gasteiger partial charge in [-0.3, -0.25) is 0 Å². The van der Waals surface area contributed by atoms with Crippen molar-refractivity contribution >= 4 is 23.2 Å². The third-order valence-electron chi connectivity index (χ3n) is 4.99. The average molecular weight is 374 g/mol. The topological polar surface area (TPSA) is 79.1 Å². The minimum absolute atomic E-state index is 0.700. The summed E-state index contributed by atoms with van der Waals surface area (Å²) < 4.78 is 5.35. The zero-order chi connectivity index (χ0) is 20.3. The number of benzene rings is 2. The second-order valence-electron chi connectivity index (χ2n) is 6.76. The Morgan fingerprint density at radius 1 is 1.14 bits per heavy atom. The number of aromatic nitrogens is 1. The van der Waals surface area contributed by atoms with Crippen molar-refractivity contribution in [2.75, 3.05) is 11.4 Å². The van der Waals surface area contributed by atoms with Gasteiger partial charge in [0.1, 0.15) is 5.76 Å². The highest BCUT2D eigenvalue weighted by Crippen LogP contribution is 2.35. The summed E-state index contributed by atoms with van der Waals surface area (Å²) >= 11 is 0. The summed E-state index contributed by atoms with van der Waals surface area (Å²) in [6, 6.07) is 14.6. The molecule has 1 heterocycles. The molecule has 0 saturated carbocycles. The molecule has 3 rings (SSSR count). The molecule has 0 amide bonds. The van der Waals surface area contributed by atoms with E-state index in [9.17, 15) is 0 Å². The summed E-state index contributed by atoms with van der Waals surface area (Å²) in [6.07, 6.45) is 2.72. The molecule has 144 valence electrons. The van der Waals surface area contributed by atoms with Crippen molar-refractivity contribution in [2.45, 2.75) is 27.7 Å². The van der Waals surface area contributed by atoms with E-state index in [1.165, 1.54) is 18.0 Å². The van der Waals surface area contributed by atoms with Gasteiger partial charge in [-0.2, -0.15) is 0 Å². The summed E-state index contributed by atoms with van der Waals surface area (Å²) in [5.74, 6) is 0.826. The number of anilines is 2. The van der Waals surface area contributed by atoms with E-state index in [0.29, 0.717) is 5.57 Å². The second kappa shape index (κ2) is 8.13. The monoisotopic (exact) mass is 374 g/mol. The maximum atomic E-state index is 7.46. The molecule has 1 aromatic heterocycles. The highest BCUT2D eigenvalue weighted by Gasteiger charge is 2.16. The molecule has 0 unspecified atom stereocenters. The van der Waals surface area contributed by atoms with Crippen molar-refractivity contribution in [1.82, 2.24) is 5.16 Å². The largest absolute Gasteiger partial charge is 0.404 e. The van der Waals surface area contributed by atoms with E-state index in [-0.39, 0.29) is 0 Å². The van der Waals surface area contributed by atoms with Gasteiger partial charge in [-0.05, 0) is 62.6 Å². The summed E-state index contributed by atoms with van der Waals surface area (Å²) in [5.41, 5.74) is 13.7. The Morgan fingerprint density at radius 2 is 1.86 bits per heavy atom. The van der Waals surface area contributed by atoms with Crippen LogP contribution in [0, 0.1) is 26.2 Å². The third-order valence-corrected chi connectivity index (χ3v) is 4.99. The number of rotatable bonds is 6. The maximum absolute atomic E-state index is 7.46. The van der Waals surface area contributed by atoms with Crippen LogP contribution >= 0.6 is 0 Å². The summed E-state index contributed by atoms with van der Waals surface area (Å²) in [4.78, 5) is 2.27. The number of allylic oxidation sites excluding steroid dienone is 1. The van der Waals surface area contributed by atoms with Crippen LogP contribution in [-0.4, -0.2) is 17.9 Å². The van der Waals surface area contributed by atoms with Crippen LogP contribution in [0.25, 0.3) is 16.7 Å². The summed E-state index contributed by atoms with van der Waals surface area (Å²) in [5, 5.41) is 11.6. The van der Waals surface area contributed by atoms with Crippen LogP contribution in [0.2, 0.25) is 0 Å². The molecule has 5 nitrogen and oxygen atoms in total. The Labute approximate surface area is 166 Å². The van der Waals surface area contributed by atoms with Crippen LogP contribution in [0.1, 0.15) is 29.5 Å². The van der Waals surface area contributed by atoms with E-state index >= 15 is 0 Å². The number of nitrogens with two attached hydrogens (primary N) is 1. The van der Waals surface area contributed by atoms with Crippen molar-refractivity contribution < 1.29 is 4.52 Å². The number of aryl methyl sites for hydroxylation is 3. The molecule has 0 aliphatic rings. The molecule has 0 fully saturated rings. The van der Waals surface area contributed by atoms with Gasteiger partial charge in [0, 0.05) is 41.5 Å². The highest BCUT2D eigenvalue weighted by atomic mass is 16.5. The Morgan fingerprint density at radius 3 is 2.39 bits per heavy atom. The zero-order valence-corrected chi connectivity index (χ0v) is 16.8. The molecule has 0 spiro atoms. The van der Waals surface area contributed by atoms with E-state index < -0.39 is 0 Å². The van der Waals surface area contributed by atoms with Gasteiger partial charge in [-0.15, -0.1) is 0 Å². The van der Waals surface area contributed by atoms with E-state index in [4.69, 9.17) is 15.7 Å². The lowest BCUT2D eigenvalue weighted by atomic mass is 10.0. The number of nitrogens with one attached hydrogen (secondary N) is 1. The standard InChI is InChI=1S/C23H26N4O/c1-5-27(21-10-8-18(9-11-21)20(13-24)14-25)22-12-19(7-6-15(22)2)23-16(3)26-28-17(23)4/h6-14,24H,5,25H2,1-4H3/b20-14+,24-13?. The molecule has 0 saturated heterocycles. The molecule has 5 heteroatoms. The van der Waals surface area contributed by atoms with Gasteiger partial charge in [0.25, 0.3) is 0 Å². The second-order valence-corrected chi connectivity index (χ2v) is 6.76. The van der Waals surface area contributed by atoms with Gasteiger partial charge in [0.15, 0.2) is 0 Å². The molecule has 0 radical (unpaired) electrons. The Hall–Kier alpha value is -3.34. The fourth-order valence-electron chi connectivity index (χ4n) is 3.50. The van der Waals surface area contributed by atoms with Crippen molar-refractivity contribution in [1.29, 1.82) is 5.41 Å². The van der Waals surface area contributed by atoms with Crippen LogP contribution in [0.4, 0.5) is 11.4 Å². The number of hydrogen-bond donors (Lipinski definition) is 2. The van der Waals surface area contributed by atoms with Crippen molar-refractivity contribution in [3.63, 3.8) is 0 Å². The van der Waals surface area contributed by atoms with Crippen LogP contribution in [0.5, 0.6) is 0 Å². The summed E-state index contributed by atoms with van der Waals surface area (Å²) in [6.45, 7) is 8.99. The average Bonchev–Trinajstić information content (AvgIpc) is 3.04. The minimum Gasteiger partial charge on any atom is -0.404 e. The predicted octanol–water partition coefficient (Wildman–Crippen LogP) is 5.37. The van der Waals surface area contributed by atoms with E-state index in [0.717, 1.165) is 46.1 Å². The smallest absolute Gasteiger partial charge is 0.141 e. The first kappa shape index (κ1) is 19.4. The molecule has 3 aromatic rings. The SMILES string of the molecule is CCN(c1ccc(/C(C=N)=C/N)cc1)c1cc(-c2c(C)noc2C)ccc1C. The summed E-state index contributed by atoms with van der Waals surface area (Å²) in [7, 11) is 0. The van der Waals surface area contributed by atoms with Crippen molar-refractivity contribution in [3.8, 4) is 11.1 Å². The quantitative estimate of drug-likeness (QED) is 0.568. The molecule has 0 aliphatic heterocycles. The molecular weight excluding hydrogens is 348 g/mol. The van der Waals surface area contributed by atoms with Crippen LogP contribution in [0.15, 0.2) is 53.2 Å². The van der Waals surface area contributed by atoms with Gasteiger partial charge in [0.2, 0.25) is 0 Å². The van der Waals surface area contributed by atoms with E-state index in [2.05, 4.69) is 54.2 Å². The number of nitrogens with zero attached hydrogens (tertiary/aromatic N) is 2. The zero-order valence-electron chi connectivity index (χ0n) is 16.8. The normalized spacial score (nSPS) is 11.5. The van der Waals surface area contributed by atoms with E-state index in [1.54, 1.807) is 0 Å². The van der Waals surface area contributed by atoms with Crippen LogP contribution in [-0.2, 0) is 0 Å². The van der Waals surface area contributed by atoms with Gasteiger partial charge in [0.05, 0.1) is 5.69 Å². The molecule has 0 aliphatic carbocycles. The van der Waals surface area contributed by atoms with Gasteiger partial charge < -0.3 is 20.6 Å². The first-order chi connectivity index (χ1) is 13.5. The fraction of sp³-hybridized carbons (Fsp3) is 0.217. The van der Waals surface area contributed by atoms with Crippen LogP contribution in [0.3, 0.4) is 0 Å². The molecular formula is C23H26N4O. The third kappa shape index (κ3) is 3.56. The molecule has 28 heavy (non-hydrogen) atoms. The van der Waals surface area contributed by atoms with Gasteiger partial charge in [-0.1, -0.05) is 29.4 Å². The molecule has 0 bridgehead atoms. The Bertz CT molecular complexity index is 996.